The monoisotopic (exact) mass is 359 g/mol. The molecule has 1 N–H and O–H groups in total. The fourth-order valence-electron chi connectivity index (χ4n) is 2.98. The van der Waals surface area contributed by atoms with E-state index in [1.807, 2.05) is 48.7 Å². The summed E-state index contributed by atoms with van der Waals surface area (Å²) in [5.41, 5.74) is 3.99. The summed E-state index contributed by atoms with van der Waals surface area (Å²) in [7, 11) is 0. The molecule has 0 aliphatic rings. The second kappa shape index (κ2) is 9.53. The minimum atomic E-state index is -0.0870. The van der Waals surface area contributed by atoms with E-state index in [1.54, 1.807) is 6.20 Å². The van der Waals surface area contributed by atoms with Crippen molar-refractivity contribution < 1.29 is 4.79 Å². The van der Waals surface area contributed by atoms with Gasteiger partial charge in [-0.1, -0.05) is 60.7 Å². The first-order chi connectivity index (χ1) is 13.3. The van der Waals surface area contributed by atoms with Crippen molar-refractivity contribution in [3.05, 3.63) is 95.8 Å². The Morgan fingerprint density at radius 2 is 1.63 bits per heavy atom. The highest BCUT2D eigenvalue weighted by Gasteiger charge is 2.11. The summed E-state index contributed by atoms with van der Waals surface area (Å²) in [6.07, 6.45) is 4.25. The van der Waals surface area contributed by atoms with E-state index in [0.29, 0.717) is 12.1 Å². The Morgan fingerprint density at radius 1 is 0.963 bits per heavy atom. The average Bonchev–Trinajstić information content (AvgIpc) is 2.73. The van der Waals surface area contributed by atoms with Crippen molar-refractivity contribution in [2.24, 2.45) is 0 Å². The Labute approximate surface area is 160 Å². The number of benzene rings is 2. The number of nitrogens with one attached hydrogen (secondary N) is 1. The van der Waals surface area contributed by atoms with Gasteiger partial charge in [0.15, 0.2) is 0 Å². The quantitative estimate of drug-likeness (QED) is 0.659. The number of hydrogen-bond acceptors (Lipinski definition) is 3. The van der Waals surface area contributed by atoms with Gasteiger partial charge < -0.3 is 10.2 Å². The molecule has 1 heterocycles. The van der Waals surface area contributed by atoms with E-state index < -0.39 is 0 Å². The van der Waals surface area contributed by atoms with Crippen LogP contribution in [-0.4, -0.2) is 24.0 Å². The van der Waals surface area contributed by atoms with Crippen LogP contribution in [-0.2, 0) is 13.0 Å². The number of hydrogen-bond donors (Lipinski definition) is 1. The highest BCUT2D eigenvalue weighted by atomic mass is 16.1. The molecule has 27 heavy (non-hydrogen) atoms. The summed E-state index contributed by atoms with van der Waals surface area (Å²) in [6, 6.07) is 22.4. The molecule has 0 aliphatic carbocycles. The SMILES string of the molecule is CCN(Cc1ccccc1)c1cncc(C(=O)NCCc2ccccc2)c1. The van der Waals surface area contributed by atoms with Crippen LogP contribution in [0, 0.1) is 0 Å². The van der Waals surface area contributed by atoms with E-state index in [2.05, 4.69) is 46.4 Å². The van der Waals surface area contributed by atoms with Crippen LogP contribution in [0.4, 0.5) is 5.69 Å². The van der Waals surface area contributed by atoms with Gasteiger partial charge in [-0.25, -0.2) is 0 Å². The standard InChI is InChI=1S/C23H25N3O/c1-2-26(18-20-11-7-4-8-12-20)22-15-21(16-24-17-22)23(27)25-14-13-19-9-5-3-6-10-19/h3-12,15-17H,2,13-14,18H2,1H3,(H,25,27). The summed E-state index contributed by atoms with van der Waals surface area (Å²) >= 11 is 0. The van der Waals surface area contributed by atoms with Crippen molar-refractivity contribution >= 4 is 11.6 Å². The lowest BCUT2D eigenvalue weighted by molar-refractivity contribution is 0.0954. The summed E-state index contributed by atoms with van der Waals surface area (Å²) in [6.45, 7) is 4.35. The molecule has 4 heteroatoms. The minimum absolute atomic E-state index is 0.0870. The molecule has 1 aromatic heterocycles. The Bertz CT molecular complexity index is 850. The third-order valence-electron chi connectivity index (χ3n) is 4.49. The Hall–Kier alpha value is -3.14. The van der Waals surface area contributed by atoms with E-state index in [-0.39, 0.29) is 5.91 Å². The van der Waals surface area contributed by atoms with Gasteiger partial charge in [-0.15, -0.1) is 0 Å². The number of nitrogens with zero attached hydrogens (tertiary/aromatic N) is 2. The molecule has 0 atom stereocenters. The fraction of sp³-hybridized carbons (Fsp3) is 0.217. The highest BCUT2D eigenvalue weighted by Crippen LogP contribution is 2.17. The van der Waals surface area contributed by atoms with Gasteiger partial charge >= 0.3 is 0 Å². The van der Waals surface area contributed by atoms with Crippen molar-refractivity contribution in [2.45, 2.75) is 19.9 Å². The van der Waals surface area contributed by atoms with Gasteiger partial charge in [0.25, 0.3) is 5.91 Å². The molecule has 0 aliphatic heterocycles. The normalized spacial score (nSPS) is 10.4. The Balaban J connectivity index is 1.62. The largest absolute Gasteiger partial charge is 0.366 e. The molecule has 0 saturated carbocycles. The molecule has 1 amide bonds. The predicted molar refractivity (Wildman–Crippen MR) is 110 cm³/mol. The average molecular weight is 359 g/mol. The second-order valence-electron chi connectivity index (χ2n) is 6.42. The lowest BCUT2D eigenvalue weighted by atomic mass is 10.1. The minimum Gasteiger partial charge on any atom is -0.366 e. The molecule has 2 aromatic carbocycles. The molecule has 3 rings (SSSR count). The summed E-state index contributed by atoms with van der Waals surface area (Å²) < 4.78 is 0. The molecule has 3 aromatic rings. The summed E-state index contributed by atoms with van der Waals surface area (Å²) in [5, 5.41) is 2.98. The number of carbonyl (C=O) groups excluding carboxylic acids is 1. The predicted octanol–water partition coefficient (Wildman–Crippen LogP) is 4.08. The van der Waals surface area contributed by atoms with Crippen molar-refractivity contribution in [1.82, 2.24) is 10.3 Å². The molecular formula is C23H25N3O. The van der Waals surface area contributed by atoms with Gasteiger partial charge in [-0.3, -0.25) is 9.78 Å². The van der Waals surface area contributed by atoms with Crippen LogP contribution >= 0.6 is 0 Å². The van der Waals surface area contributed by atoms with Gasteiger partial charge in [0.05, 0.1) is 17.4 Å². The smallest absolute Gasteiger partial charge is 0.252 e. The van der Waals surface area contributed by atoms with Gasteiger partial charge in [0, 0.05) is 25.8 Å². The lowest BCUT2D eigenvalue weighted by Crippen LogP contribution is -2.27. The zero-order valence-corrected chi connectivity index (χ0v) is 15.6. The van der Waals surface area contributed by atoms with E-state index in [4.69, 9.17) is 0 Å². The van der Waals surface area contributed by atoms with Crippen LogP contribution in [0.1, 0.15) is 28.4 Å². The van der Waals surface area contributed by atoms with Crippen LogP contribution < -0.4 is 10.2 Å². The lowest BCUT2D eigenvalue weighted by Gasteiger charge is -2.23. The van der Waals surface area contributed by atoms with Gasteiger partial charge in [-0.2, -0.15) is 0 Å². The summed E-state index contributed by atoms with van der Waals surface area (Å²) in [5.74, 6) is -0.0870. The Kier molecular flexibility index (Phi) is 6.58. The number of pyridine rings is 1. The number of aromatic nitrogens is 1. The van der Waals surface area contributed by atoms with Gasteiger partial charge in [0.2, 0.25) is 0 Å². The van der Waals surface area contributed by atoms with E-state index in [1.165, 1.54) is 11.1 Å². The number of amides is 1. The van der Waals surface area contributed by atoms with Gasteiger partial charge in [-0.05, 0) is 30.5 Å². The molecule has 0 unspecified atom stereocenters. The van der Waals surface area contributed by atoms with Crippen LogP contribution in [0.2, 0.25) is 0 Å². The summed E-state index contributed by atoms with van der Waals surface area (Å²) in [4.78, 5) is 19.0. The molecule has 0 fully saturated rings. The molecule has 0 saturated heterocycles. The molecule has 0 spiro atoms. The van der Waals surface area contributed by atoms with Crippen molar-refractivity contribution in [2.75, 3.05) is 18.0 Å². The first kappa shape index (κ1) is 18.6. The van der Waals surface area contributed by atoms with Crippen LogP contribution in [0.3, 0.4) is 0 Å². The van der Waals surface area contributed by atoms with Crippen LogP contribution in [0.5, 0.6) is 0 Å². The Morgan fingerprint density at radius 3 is 2.30 bits per heavy atom. The third-order valence-corrected chi connectivity index (χ3v) is 4.49. The van der Waals surface area contributed by atoms with E-state index in [0.717, 1.165) is 25.2 Å². The van der Waals surface area contributed by atoms with E-state index >= 15 is 0 Å². The zero-order chi connectivity index (χ0) is 18.9. The number of carbonyl (C=O) groups is 1. The number of anilines is 1. The maximum Gasteiger partial charge on any atom is 0.252 e. The molecule has 138 valence electrons. The molecule has 4 nitrogen and oxygen atoms in total. The third kappa shape index (κ3) is 5.42. The van der Waals surface area contributed by atoms with E-state index in [9.17, 15) is 4.79 Å². The molecular weight excluding hydrogens is 334 g/mol. The van der Waals surface area contributed by atoms with Crippen molar-refractivity contribution in [1.29, 1.82) is 0 Å². The first-order valence-electron chi connectivity index (χ1n) is 9.32. The topological polar surface area (TPSA) is 45.2 Å². The molecule has 0 radical (unpaired) electrons. The zero-order valence-electron chi connectivity index (χ0n) is 15.6. The van der Waals surface area contributed by atoms with Crippen LogP contribution in [0.25, 0.3) is 0 Å². The maximum atomic E-state index is 12.5. The van der Waals surface area contributed by atoms with Gasteiger partial charge in [0.1, 0.15) is 0 Å². The van der Waals surface area contributed by atoms with Crippen molar-refractivity contribution in [3.63, 3.8) is 0 Å². The van der Waals surface area contributed by atoms with Crippen molar-refractivity contribution in [3.8, 4) is 0 Å². The fourth-order valence-corrected chi connectivity index (χ4v) is 2.98. The number of rotatable bonds is 8. The first-order valence-corrected chi connectivity index (χ1v) is 9.32. The second-order valence-corrected chi connectivity index (χ2v) is 6.42. The highest BCUT2D eigenvalue weighted by molar-refractivity contribution is 5.94. The molecule has 0 bridgehead atoms. The maximum absolute atomic E-state index is 12.5. The van der Waals surface area contributed by atoms with Crippen LogP contribution in [0.15, 0.2) is 79.1 Å².